The van der Waals surface area contributed by atoms with Gasteiger partial charge in [-0.2, -0.15) is 0 Å². The Morgan fingerprint density at radius 3 is 1.67 bits per heavy atom. The van der Waals surface area contributed by atoms with Crippen LogP contribution < -0.4 is 0 Å². The van der Waals surface area contributed by atoms with Crippen LogP contribution in [0.25, 0.3) is 0 Å². The van der Waals surface area contributed by atoms with Crippen molar-refractivity contribution < 1.29 is 24.1 Å². The normalized spacial score (nSPS) is 18.1. The number of rotatable bonds is 16. The van der Waals surface area contributed by atoms with E-state index in [0.29, 0.717) is 19.8 Å². The van der Waals surface area contributed by atoms with Crippen LogP contribution in [0.5, 0.6) is 0 Å². The summed E-state index contributed by atoms with van der Waals surface area (Å²) in [6.07, 6.45) is 5.08. The zero-order valence-corrected chi connectivity index (χ0v) is 16.6. The summed E-state index contributed by atoms with van der Waals surface area (Å²) in [4.78, 5) is 0. The molecule has 0 amide bonds. The third kappa shape index (κ3) is 14.2. The Kier molecular flexibility index (Phi) is 15.0. The molecular weight excluding hydrogens is 308 g/mol. The van der Waals surface area contributed by atoms with Crippen LogP contribution in [0.4, 0.5) is 0 Å². The smallest absolute Gasteiger partial charge is 0.0784 e. The minimum atomic E-state index is -0.151. The molecule has 0 rings (SSSR count). The van der Waals surface area contributed by atoms with Crippen LogP contribution in [0, 0.1) is 0 Å². The van der Waals surface area contributed by atoms with Gasteiger partial charge in [-0.05, 0) is 41.0 Å². The molecule has 0 fully saturated rings. The zero-order valence-electron chi connectivity index (χ0n) is 16.6. The number of hydrogen-bond acceptors (Lipinski definition) is 5. The van der Waals surface area contributed by atoms with E-state index in [1.807, 2.05) is 20.8 Å². The molecule has 0 aliphatic heterocycles. The van der Waals surface area contributed by atoms with Gasteiger partial charge in [-0.15, -0.1) is 0 Å². The molecule has 0 spiro atoms. The quantitative estimate of drug-likeness (QED) is 0.432. The maximum absolute atomic E-state index is 8.91. The van der Waals surface area contributed by atoms with Gasteiger partial charge in [0.2, 0.25) is 0 Å². The summed E-state index contributed by atoms with van der Waals surface area (Å²) in [6.45, 7) is 13.8. The first-order valence-electron chi connectivity index (χ1n) is 9.50. The Morgan fingerprint density at radius 2 is 1.17 bits per heavy atom. The standard InChI is InChI=1S/C19H40O5/c1-7-8-9-10-15(2)24-19(6)14-23-18(5)13-22-17(4)12-21-16(3)11-20/h15-20H,7-14H2,1-6H3. The summed E-state index contributed by atoms with van der Waals surface area (Å²) in [5.74, 6) is 0. The van der Waals surface area contributed by atoms with Gasteiger partial charge in [0.15, 0.2) is 0 Å². The number of aliphatic hydroxyl groups is 1. The van der Waals surface area contributed by atoms with Gasteiger partial charge in [0.05, 0.1) is 56.9 Å². The highest BCUT2D eigenvalue weighted by Crippen LogP contribution is 2.09. The maximum atomic E-state index is 8.91. The van der Waals surface area contributed by atoms with E-state index in [1.54, 1.807) is 0 Å². The van der Waals surface area contributed by atoms with Crippen molar-refractivity contribution in [1.82, 2.24) is 0 Å². The fraction of sp³-hybridized carbons (Fsp3) is 1.00. The van der Waals surface area contributed by atoms with Crippen LogP contribution in [0.3, 0.4) is 0 Å². The molecule has 1 N–H and O–H groups in total. The summed E-state index contributed by atoms with van der Waals surface area (Å²) in [6, 6.07) is 0. The molecule has 0 heterocycles. The van der Waals surface area contributed by atoms with E-state index < -0.39 is 0 Å². The third-order valence-electron chi connectivity index (χ3n) is 3.78. The van der Waals surface area contributed by atoms with Crippen LogP contribution >= 0.6 is 0 Å². The van der Waals surface area contributed by atoms with E-state index in [2.05, 4.69) is 20.8 Å². The summed E-state index contributed by atoms with van der Waals surface area (Å²) in [5.41, 5.74) is 0. The first kappa shape index (κ1) is 23.8. The van der Waals surface area contributed by atoms with Gasteiger partial charge in [-0.3, -0.25) is 0 Å². The van der Waals surface area contributed by atoms with Crippen molar-refractivity contribution in [3.63, 3.8) is 0 Å². The molecule has 0 aliphatic carbocycles. The summed E-state index contributed by atoms with van der Waals surface area (Å²) >= 11 is 0. The van der Waals surface area contributed by atoms with Crippen molar-refractivity contribution in [3.8, 4) is 0 Å². The molecule has 0 aromatic heterocycles. The van der Waals surface area contributed by atoms with Crippen molar-refractivity contribution in [2.45, 2.75) is 97.7 Å². The fourth-order valence-electron chi connectivity index (χ4n) is 2.23. The van der Waals surface area contributed by atoms with Gasteiger partial charge >= 0.3 is 0 Å². The highest BCUT2D eigenvalue weighted by Gasteiger charge is 2.13. The third-order valence-corrected chi connectivity index (χ3v) is 3.78. The van der Waals surface area contributed by atoms with E-state index in [1.165, 1.54) is 19.3 Å². The molecule has 146 valence electrons. The van der Waals surface area contributed by atoms with Gasteiger partial charge in [-0.1, -0.05) is 26.2 Å². The lowest BCUT2D eigenvalue weighted by Crippen LogP contribution is -2.29. The van der Waals surface area contributed by atoms with Crippen molar-refractivity contribution in [1.29, 1.82) is 0 Å². The van der Waals surface area contributed by atoms with Crippen molar-refractivity contribution in [3.05, 3.63) is 0 Å². The summed E-state index contributed by atoms with van der Waals surface area (Å²) < 4.78 is 22.9. The minimum absolute atomic E-state index is 0.0164. The Morgan fingerprint density at radius 1 is 0.667 bits per heavy atom. The number of unbranched alkanes of at least 4 members (excludes halogenated alkanes) is 2. The summed E-state index contributed by atoms with van der Waals surface area (Å²) in [5, 5.41) is 8.91. The van der Waals surface area contributed by atoms with Crippen LogP contribution in [0.15, 0.2) is 0 Å². The molecule has 0 saturated carbocycles. The molecule has 0 radical (unpaired) electrons. The Hall–Kier alpha value is -0.200. The van der Waals surface area contributed by atoms with E-state index in [4.69, 9.17) is 24.1 Å². The number of aliphatic hydroxyl groups excluding tert-OH is 1. The lowest BCUT2D eigenvalue weighted by atomic mass is 10.1. The molecule has 0 saturated heterocycles. The van der Waals surface area contributed by atoms with Gasteiger partial charge in [0.25, 0.3) is 0 Å². The molecule has 0 aliphatic rings. The van der Waals surface area contributed by atoms with Crippen molar-refractivity contribution in [2.24, 2.45) is 0 Å². The molecule has 0 aromatic rings. The summed E-state index contributed by atoms with van der Waals surface area (Å²) in [7, 11) is 0. The van der Waals surface area contributed by atoms with E-state index in [9.17, 15) is 0 Å². The van der Waals surface area contributed by atoms with Crippen molar-refractivity contribution in [2.75, 3.05) is 26.4 Å². The molecule has 5 atom stereocenters. The number of hydrogen-bond donors (Lipinski definition) is 1. The van der Waals surface area contributed by atoms with Crippen LogP contribution in [0.2, 0.25) is 0 Å². The Bertz CT molecular complexity index is 274. The monoisotopic (exact) mass is 348 g/mol. The lowest BCUT2D eigenvalue weighted by molar-refractivity contribution is -0.0973. The minimum Gasteiger partial charge on any atom is -0.394 e. The van der Waals surface area contributed by atoms with Crippen LogP contribution in [0.1, 0.15) is 67.2 Å². The predicted molar refractivity (Wildman–Crippen MR) is 97.5 cm³/mol. The predicted octanol–water partition coefficient (Wildman–Crippen LogP) is 3.57. The Labute approximate surface area is 149 Å². The average molecular weight is 349 g/mol. The lowest BCUT2D eigenvalue weighted by Gasteiger charge is -2.22. The van der Waals surface area contributed by atoms with Crippen LogP contribution in [-0.4, -0.2) is 62.1 Å². The molecule has 24 heavy (non-hydrogen) atoms. The molecular formula is C19H40O5. The molecule has 0 aromatic carbocycles. The van der Waals surface area contributed by atoms with Gasteiger partial charge in [0.1, 0.15) is 0 Å². The molecule has 5 nitrogen and oxygen atoms in total. The fourth-order valence-corrected chi connectivity index (χ4v) is 2.23. The Balaban J connectivity index is 3.70. The number of ether oxygens (including phenoxy) is 4. The average Bonchev–Trinajstić information content (AvgIpc) is 2.56. The molecule has 5 unspecified atom stereocenters. The van der Waals surface area contributed by atoms with Gasteiger partial charge in [0, 0.05) is 0 Å². The largest absolute Gasteiger partial charge is 0.394 e. The topological polar surface area (TPSA) is 57.2 Å². The van der Waals surface area contributed by atoms with Gasteiger partial charge in [-0.25, -0.2) is 0 Å². The SMILES string of the molecule is CCCCCC(C)OC(C)COC(C)COC(C)COC(C)CO. The zero-order chi connectivity index (χ0) is 18.4. The van der Waals surface area contributed by atoms with Gasteiger partial charge < -0.3 is 24.1 Å². The second-order valence-corrected chi connectivity index (χ2v) is 6.87. The van der Waals surface area contributed by atoms with E-state index in [-0.39, 0.29) is 37.1 Å². The highest BCUT2D eigenvalue weighted by molar-refractivity contribution is 4.59. The maximum Gasteiger partial charge on any atom is 0.0784 e. The molecule has 0 bridgehead atoms. The second kappa shape index (κ2) is 15.1. The second-order valence-electron chi connectivity index (χ2n) is 6.87. The first-order valence-corrected chi connectivity index (χ1v) is 9.50. The first-order chi connectivity index (χ1) is 11.4. The van der Waals surface area contributed by atoms with Crippen LogP contribution in [-0.2, 0) is 18.9 Å². The van der Waals surface area contributed by atoms with Crippen molar-refractivity contribution >= 4 is 0 Å². The van der Waals surface area contributed by atoms with E-state index in [0.717, 1.165) is 6.42 Å². The highest BCUT2D eigenvalue weighted by atomic mass is 16.6. The molecule has 5 heteroatoms. The van der Waals surface area contributed by atoms with E-state index >= 15 is 0 Å².